The number of allylic oxidation sites excluding steroid dienone is 1. The van der Waals surface area contributed by atoms with Crippen molar-refractivity contribution in [2.45, 2.75) is 45.7 Å². The second-order valence-corrected chi connectivity index (χ2v) is 13.2. The van der Waals surface area contributed by atoms with Crippen molar-refractivity contribution in [2.24, 2.45) is 5.92 Å². The van der Waals surface area contributed by atoms with E-state index in [0.29, 0.717) is 5.92 Å². The molecule has 2 aliphatic rings. The molecule has 0 fully saturated rings. The fourth-order valence-electron chi connectivity index (χ4n) is 7.31. The summed E-state index contributed by atoms with van der Waals surface area (Å²) in [5.74, 6) is 0.720. The second kappa shape index (κ2) is 15.4. The average molecular weight is 733 g/mol. The van der Waals surface area contributed by atoms with Crippen molar-refractivity contribution >= 4 is 37.1 Å². The number of halogens is 2. The van der Waals surface area contributed by atoms with Crippen molar-refractivity contribution in [3.05, 3.63) is 149 Å². The molecule has 0 bridgehead atoms. The maximum Gasteiger partial charge on any atom is 3.00 e. The van der Waals surface area contributed by atoms with Crippen molar-refractivity contribution in [1.29, 1.82) is 0 Å². The van der Waals surface area contributed by atoms with Gasteiger partial charge in [-0.3, -0.25) is 0 Å². The molecule has 4 heteroatoms. The maximum absolute atomic E-state index is 3.77. The molecule has 2 unspecified atom stereocenters. The van der Waals surface area contributed by atoms with Gasteiger partial charge in [-0.1, -0.05) is 130 Å². The van der Waals surface area contributed by atoms with Gasteiger partial charge in [-0.05, 0) is 79.8 Å². The molecular weight excluding hydrogens is 695 g/mol. The Balaban J connectivity index is 0.000000772. The van der Waals surface area contributed by atoms with Gasteiger partial charge in [0.1, 0.15) is 0 Å². The third-order valence-corrected chi connectivity index (χ3v) is 9.42. The first kappa shape index (κ1) is 36.1. The summed E-state index contributed by atoms with van der Waals surface area (Å²) in [6, 6.07) is 44.2. The first-order chi connectivity index (χ1) is 21.1. The first-order valence-corrected chi connectivity index (χ1v) is 18.1. The third kappa shape index (κ3) is 6.15. The van der Waals surface area contributed by atoms with Gasteiger partial charge in [0.15, 0.2) is 0 Å². The molecule has 0 N–H and O–H groups in total. The van der Waals surface area contributed by atoms with Crippen molar-refractivity contribution in [2.75, 3.05) is 0 Å². The summed E-state index contributed by atoms with van der Waals surface area (Å²) in [6.07, 6.45) is 4.65. The van der Waals surface area contributed by atoms with Crippen LogP contribution in [0, 0.1) is 12.0 Å². The summed E-state index contributed by atoms with van der Waals surface area (Å²) in [5.41, 5.74) is 14.0. The minimum Gasteiger partial charge on any atom is -1.00 e. The molecule has 228 valence electrons. The van der Waals surface area contributed by atoms with Crippen LogP contribution < -0.4 is 24.8 Å². The molecule has 2 atom stereocenters. The predicted octanol–water partition coefficient (Wildman–Crippen LogP) is 5.13. The van der Waals surface area contributed by atoms with Crippen LogP contribution in [0.15, 0.2) is 115 Å². The zero-order valence-corrected chi connectivity index (χ0v) is 32.0. The quantitative estimate of drug-likeness (QED) is 0.134. The van der Waals surface area contributed by atoms with E-state index in [1.165, 1.54) is 77.2 Å². The summed E-state index contributed by atoms with van der Waals surface area (Å²) >= 11 is 0. The molecule has 0 aromatic heterocycles. The molecular formula is C42H38Cl2SiZr. The number of hydrogen-bond donors (Lipinski definition) is 0. The van der Waals surface area contributed by atoms with E-state index in [2.05, 4.69) is 148 Å². The zero-order valence-electron chi connectivity index (χ0n) is 26.9. The largest absolute Gasteiger partial charge is 3.00 e. The van der Waals surface area contributed by atoms with Gasteiger partial charge in [-0.15, -0.1) is 16.7 Å². The molecule has 0 saturated carbocycles. The standard InChI is InChI=1S/C40H31.C2H7Si.2ClH.Zr/c1-3-25(2)36-24-38-34(39-30-16-8-5-12-26(30)22-27-13-6-9-17-31(27)39)20-11-21-35(38)40(36)33-19-10-18-32-29-15-7-4-14-28(29)23-37(32)33;1-3-2;;;/h4-18,20-22,24-25,40H,3,23H2,1-2H3;3H,1-2H3;2*1H;/q-1;;;;+3/p-2. The fourth-order valence-corrected chi connectivity index (χ4v) is 7.31. The van der Waals surface area contributed by atoms with Crippen LogP contribution in [-0.2, 0) is 32.6 Å². The second-order valence-electron chi connectivity index (χ2n) is 12.1. The smallest absolute Gasteiger partial charge is 1.00 e. The van der Waals surface area contributed by atoms with Gasteiger partial charge in [0.25, 0.3) is 0 Å². The molecule has 6 aromatic carbocycles. The Labute approximate surface area is 308 Å². The van der Waals surface area contributed by atoms with Crippen LogP contribution >= 0.6 is 0 Å². The fraction of sp³-hybridized carbons (Fsp3) is 0.190. The summed E-state index contributed by atoms with van der Waals surface area (Å²) in [5, 5.41) is 5.22. The van der Waals surface area contributed by atoms with Crippen LogP contribution in [0.2, 0.25) is 13.1 Å². The third-order valence-electron chi connectivity index (χ3n) is 9.42. The topological polar surface area (TPSA) is 0 Å². The normalized spacial score (nSPS) is 14.3. The van der Waals surface area contributed by atoms with E-state index < -0.39 is 0 Å². The van der Waals surface area contributed by atoms with E-state index in [1.807, 2.05) is 0 Å². The van der Waals surface area contributed by atoms with Gasteiger partial charge >= 0.3 is 26.2 Å². The molecule has 2 aliphatic carbocycles. The van der Waals surface area contributed by atoms with Crippen LogP contribution in [0.3, 0.4) is 0 Å². The van der Waals surface area contributed by atoms with E-state index >= 15 is 0 Å². The summed E-state index contributed by atoms with van der Waals surface area (Å²) in [7, 11) is 0.750. The molecule has 6 aromatic rings. The summed E-state index contributed by atoms with van der Waals surface area (Å²) < 4.78 is 0. The van der Waals surface area contributed by atoms with Crippen molar-refractivity contribution in [3.63, 3.8) is 0 Å². The van der Waals surface area contributed by atoms with Gasteiger partial charge in [0, 0.05) is 15.4 Å². The van der Waals surface area contributed by atoms with Crippen LogP contribution in [-0.4, -0.2) is 9.52 Å². The SMILES string of the molecule is CCC(C)C1=Cc2c(-c3c4ccccc4cc4ccccc34)cccc2C1c1[c-]ccc2c1Cc1ccccc1-2.C[SiH]C.[Cl-].[Cl-].[Zr+3]. The van der Waals surface area contributed by atoms with Gasteiger partial charge in [-0.2, -0.15) is 18.2 Å². The molecule has 2 radical (unpaired) electrons. The average Bonchev–Trinajstić information content (AvgIpc) is 3.63. The molecule has 8 rings (SSSR count). The summed E-state index contributed by atoms with van der Waals surface area (Å²) in [4.78, 5) is 0. The molecule has 0 heterocycles. The number of rotatable bonds is 4. The van der Waals surface area contributed by atoms with Gasteiger partial charge in [-0.25, -0.2) is 0 Å². The molecule has 0 spiro atoms. The van der Waals surface area contributed by atoms with Crippen molar-refractivity contribution in [1.82, 2.24) is 0 Å². The van der Waals surface area contributed by atoms with E-state index in [4.69, 9.17) is 0 Å². The Morgan fingerprint density at radius 3 is 2.04 bits per heavy atom. The van der Waals surface area contributed by atoms with Gasteiger partial charge < -0.3 is 24.8 Å². The van der Waals surface area contributed by atoms with E-state index in [-0.39, 0.29) is 56.9 Å². The Hall–Kier alpha value is -2.74. The molecule has 0 amide bonds. The molecule has 0 nitrogen and oxygen atoms in total. The van der Waals surface area contributed by atoms with Crippen LogP contribution in [0.25, 0.3) is 49.9 Å². The van der Waals surface area contributed by atoms with Crippen LogP contribution in [0.1, 0.15) is 54.0 Å². The number of benzene rings is 6. The minimum absolute atomic E-state index is 0. The van der Waals surface area contributed by atoms with E-state index in [1.54, 1.807) is 0 Å². The van der Waals surface area contributed by atoms with Gasteiger partial charge in [0.05, 0.1) is 0 Å². The molecule has 46 heavy (non-hydrogen) atoms. The van der Waals surface area contributed by atoms with Crippen LogP contribution in [0.5, 0.6) is 0 Å². The predicted molar refractivity (Wildman–Crippen MR) is 189 cm³/mol. The monoisotopic (exact) mass is 730 g/mol. The number of hydrogen-bond acceptors (Lipinski definition) is 0. The van der Waals surface area contributed by atoms with E-state index in [9.17, 15) is 0 Å². The first-order valence-electron chi connectivity index (χ1n) is 15.8. The van der Waals surface area contributed by atoms with Crippen molar-refractivity contribution < 1.29 is 51.0 Å². The Kier molecular flexibility index (Phi) is 12.1. The Morgan fingerprint density at radius 1 is 0.761 bits per heavy atom. The molecule has 0 aliphatic heterocycles. The van der Waals surface area contributed by atoms with E-state index in [0.717, 1.165) is 22.4 Å². The number of fused-ring (bicyclic) bond motifs is 6. The van der Waals surface area contributed by atoms with Crippen molar-refractivity contribution in [3.8, 4) is 22.3 Å². The molecule has 0 saturated heterocycles. The Bertz CT molecular complexity index is 1970. The summed E-state index contributed by atoms with van der Waals surface area (Å²) in [6.45, 7) is 9.13. The maximum atomic E-state index is 3.77. The zero-order chi connectivity index (χ0) is 29.5. The van der Waals surface area contributed by atoms with Crippen LogP contribution in [0.4, 0.5) is 0 Å². The minimum atomic E-state index is 0. The Morgan fingerprint density at radius 2 is 1.37 bits per heavy atom. The van der Waals surface area contributed by atoms with Gasteiger partial charge in [0.2, 0.25) is 0 Å².